The van der Waals surface area contributed by atoms with Crippen molar-refractivity contribution in [2.24, 2.45) is 0 Å². The first-order chi connectivity index (χ1) is 14.3. The normalized spacial score (nSPS) is 30.5. The number of nitrogens with two attached hydrogens (primary N) is 1. The molecule has 0 saturated carbocycles. The van der Waals surface area contributed by atoms with Crippen LogP contribution in [0, 0.1) is 11.3 Å². The summed E-state index contributed by atoms with van der Waals surface area (Å²) in [4.78, 5) is 4.03. The number of hydrogen-bond donors (Lipinski definition) is 1. The molecule has 2 N–H and O–H groups in total. The maximum absolute atomic E-state index is 10.4. The second-order valence-corrected chi connectivity index (χ2v) is 15.1. The Morgan fingerprint density at radius 2 is 1.97 bits per heavy atom. The highest BCUT2D eigenvalue weighted by Gasteiger charge is 2.65. The Balaban J connectivity index is 1.73. The van der Waals surface area contributed by atoms with Crippen LogP contribution in [-0.4, -0.2) is 53.6 Å². The van der Waals surface area contributed by atoms with Gasteiger partial charge in [-0.15, -0.1) is 0 Å². The minimum Gasteiger partial charge on any atom is -0.414 e. The topological polar surface area (TPSA) is 117 Å². The lowest BCUT2D eigenvalue weighted by molar-refractivity contribution is -0.204. The maximum Gasteiger partial charge on any atom is 0.226 e. The average Bonchev–Trinajstić information content (AvgIpc) is 3.30. The molecule has 2 fully saturated rings. The predicted octanol–water partition coefficient (Wildman–Crippen LogP) is 2.97. The molecule has 10 heteroatoms. The molecule has 9 nitrogen and oxygen atoms in total. The molecule has 0 aliphatic carbocycles. The average molecular weight is 446 g/mol. The van der Waals surface area contributed by atoms with Crippen molar-refractivity contribution in [3.05, 3.63) is 24.2 Å². The Bertz CT molecular complexity index is 1040. The van der Waals surface area contributed by atoms with Crippen LogP contribution in [0.1, 0.15) is 40.3 Å². The van der Waals surface area contributed by atoms with Gasteiger partial charge in [0.25, 0.3) is 0 Å². The molecular weight excluding hydrogens is 414 g/mol. The van der Waals surface area contributed by atoms with E-state index in [9.17, 15) is 5.26 Å². The number of nitrogens with zero attached hydrogens (tertiary/aromatic N) is 4. The van der Waals surface area contributed by atoms with Crippen LogP contribution in [-0.2, 0) is 24.2 Å². The lowest BCUT2D eigenvalue weighted by Crippen LogP contribution is -2.44. The van der Waals surface area contributed by atoms with Crippen molar-refractivity contribution in [1.29, 1.82) is 5.26 Å². The van der Waals surface area contributed by atoms with Crippen LogP contribution in [0.3, 0.4) is 0 Å². The van der Waals surface area contributed by atoms with Crippen LogP contribution in [0.2, 0.25) is 18.1 Å². The van der Waals surface area contributed by atoms with Gasteiger partial charge in [0.1, 0.15) is 36.2 Å². The van der Waals surface area contributed by atoms with Crippen LogP contribution < -0.4 is 5.73 Å². The largest absolute Gasteiger partial charge is 0.414 e. The third-order valence-electron chi connectivity index (χ3n) is 6.68. The van der Waals surface area contributed by atoms with Gasteiger partial charge in [0.05, 0.1) is 12.3 Å². The van der Waals surface area contributed by atoms with Gasteiger partial charge < -0.3 is 24.4 Å². The van der Waals surface area contributed by atoms with Crippen molar-refractivity contribution >= 4 is 19.7 Å². The number of ether oxygens (including phenoxy) is 3. The van der Waals surface area contributed by atoms with Gasteiger partial charge in [-0.25, -0.2) is 9.50 Å². The zero-order valence-corrected chi connectivity index (χ0v) is 20.2. The Labute approximate surface area is 183 Å². The van der Waals surface area contributed by atoms with E-state index in [4.69, 9.17) is 24.4 Å². The fourth-order valence-corrected chi connectivity index (χ4v) is 4.99. The summed E-state index contributed by atoms with van der Waals surface area (Å²) in [6.45, 7) is 14.9. The molecule has 31 heavy (non-hydrogen) atoms. The highest BCUT2D eigenvalue weighted by Crippen LogP contribution is 2.49. The Morgan fingerprint density at radius 3 is 2.61 bits per heavy atom. The molecule has 2 aliphatic rings. The van der Waals surface area contributed by atoms with E-state index < -0.39 is 38.0 Å². The van der Waals surface area contributed by atoms with E-state index in [2.05, 4.69) is 50.0 Å². The van der Waals surface area contributed by atoms with E-state index >= 15 is 0 Å². The van der Waals surface area contributed by atoms with Crippen molar-refractivity contribution < 1.29 is 18.6 Å². The van der Waals surface area contributed by atoms with Gasteiger partial charge in [-0.1, -0.05) is 20.8 Å². The lowest BCUT2D eigenvalue weighted by Gasteiger charge is -2.37. The number of fused-ring (bicyclic) bond motifs is 2. The standard InChI is InChI=1S/C21H31N5O4Si/c1-19(2,3)31(6,7)27-10-14-16-17(30-20(4,5)29-16)21(11-22,28-14)15-9-8-13-18(23)24-12-25-26(13)15/h8-9,12,14,16-17H,10H2,1-7H3,(H2,23,24,25)/t14-,16-,17-,21?/m1/s1. The third kappa shape index (κ3) is 3.45. The second kappa shape index (κ2) is 6.98. The van der Waals surface area contributed by atoms with Crippen molar-refractivity contribution in [3.63, 3.8) is 0 Å². The molecule has 2 aromatic heterocycles. The first-order valence-corrected chi connectivity index (χ1v) is 13.4. The minimum atomic E-state index is -2.03. The van der Waals surface area contributed by atoms with E-state index in [0.717, 1.165) is 0 Å². The van der Waals surface area contributed by atoms with Gasteiger partial charge in [0, 0.05) is 0 Å². The van der Waals surface area contributed by atoms with Crippen molar-refractivity contribution in [2.75, 3.05) is 12.3 Å². The zero-order chi connectivity index (χ0) is 22.8. The van der Waals surface area contributed by atoms with Crippen LogP contribution in [0.5, 0.6) is 0 Å². The smallest absolute Gasteiger partial charge is 0.226 e. The zero-order valence-electron chi connectivity index (χ0n) is 19.2. The molecule has 1 unspecified atom stereocenters. The van der Waals surface area contributed by atoms with Crippen LogP contribution in [0.4, 0.5) is 5.82 Å². The molecular formula is C21H31N5O4Si. The number of rotatable bonds is 4. The van der Waals surface area contributed by atoms with Gasteiger partial charge in [0.15, 0.2) is 19.9 Å². The molecule has 2 aliphatic heterocycles. The summed E-state index contributed by atoms with van der Waals surface area (Å²) in [5.74, 6) is -0.525. The number of nitrogen functional groups attached to an aromatic ring is 1. The Hall–Kier alpha value is -2.03. The summed E-state index contributed by atoms with van der Waals surface area (Å²) in [6.07, 6.45) is -0.207. The summed E-state index contributed by atoms with van der Waals surface area (Å²) < 4.78 is 26.9. The number of aromatic nitrogens is 3. The monoisotopic (exact) mass is 445 g/mol. The highest BCUT2D eigenvalue weighted by molar-refractivity contribution is 6.74. The van der Waals surface area contributed by atoms with E-state index in [1.54, 1.807) is 16.6 Å². The fourth-order valence-electron chi connectivity index (χ4n) is 3.97. The fraction of sp³-hybridized carbons (Fsp3) is 0.667. The first kappa shape index (κ1) is 22.2. The molecule has 168 valence electrons. The summed E-state index contributed by atoms with van der Waals surface area (Å²) >= 11 is 0. The molecule has 2 saturated heterocycles. The SMILES string of the molecule is CC1(C)O[C@H]2[C@@H](O1)C(C#N)(c1ccc3c(N)ncnn13)O[C@@H]2CO[Si](C)(C)C(C)(C)C. The highest BCUT2D eigenvalue weighted by atomic mass is 28.4. The molecule has 2 aromatic rings. The number of hydrogen-bond acceptors (Lipinski definition) is 8. The van der Waals surface area contributed by atoms with Crippen LogP contribution >= 0.6 is 0 Å². The van der Waals surface area contributed by atoms with Gasteiger partial charge in [-0.05, 0) is 44.1 Å². The van der Waals surface area contributed by atoms with Gasteiger partial charge in [0.2, 0.25) is 5.60 Å². The first-order valence-electron chi connectivity index (χ1n) is 10.5. The second-order valence-electron chi connectivity index (χ2n) is 10.3. The predicted molar refractivity (Wildman–Crippen MR) is 117 cm³/mol. The Kier molecular flexibility index (Phi) is 4.99. The summed E-state index contributed by atoms with van der Waals surface area (Å²) in [5.41, 5.74) is 5.71. The minimum absolute atomic E-state index is 0.0514. The van der Waals surface area contributed by atoms with Crippen LogP contribution in [0.15, 0.2) is 18.5 Å². The molecule has 0 aromatic carbocycles. The van der Waals surface area contributed by atoms with Gasteiger partial charge >= 0.3 is 0 Å². The molecule has 0 bridgehead atoms. The molecule has 0 amide bonds. The quantitative estimate of drug-likeness (QED) is 0.714. The van der Waals surface area contributed by atoms with E-state index in [0.29, 0.717) is 23.6 Å². The summed E-state index contributed by atoms with van der Waals surface area (Å²) in [5, 5.41) is 14.7. The molecule has 0 radical (unpaired) electrons. The van der Waals surface area contributed by atoms with Crippen LogP contribution in [0.25, 0.3) is 5.52 Å². The lowest BCUT2D eigenvalue weighted by atomic mass is 9.92. The summed E-state index contributed by atoms with van der Waals surface area (Å²) in [6, 6.07) is 5.93. The van der Waals surface area contributed by atoms with Crippen molar-refractivity contribution in [2.45, 2.75) is 82.5 Å². The number of anilines is 1. The number of nitriles is 1. The third-order valence-corrected chi connectivity index (χ3v) is 11.2. The summed E-state index contributed by atoms with van der Waals surface area (Å²) in [7, 11) is -2.03. The Morgan fingerprint density at radius 1 is 1.26 bits per heavy atom. The molecule has 0 spiro atoms. The van der Waals surface area contributed by atoms with Gasteiger partial charge in [-0.3, -0.25) is 0 Å². The van der Waals surface area contributed by atoms with E-state index in [-0.39, 0.29) is 5.04 Å². The molecule has 4 heterocycles. The molecule has 4 atom stereocenters. The molecule has 4 rings (SSSR count). The van der Waals surface area contributed by atoms with Gasteiger partial charge in [-0.2, -0.15) is 10.4 Å². The van der Waals surface area contributed by atoms with E-state index in [1.807, 2.05) is 13.8 Å². The van der Waals surface area contributed by atoms with E-state index in [1.165, 1.54) is 6.33 Å². The maximum atomic E-state index is 10.4. The van der Waals surface area contributed by atoms with Crippen molar-refractivity contribution in [3.8, 4) is 6.07 Å². The van der Waals surface area contributed by atoms with Crippen molar-refractivity contribution in [1.82, 2.24) is 14.6 Å².